The lowest BCUT2D eigenvalue weighted by atomic mass is 10.0. The van der Waals surface area contributed by atoms with Crippen molar-refractivity contribution in [2.24, 2.45) is 5.73 Å². The number of carbonyl (C=O) groups excluding carboxylic acids is 2. The first kappa shape index (κ1) is 81.4. The summed E-state index contributed by atoms with van der Waals surface area (Å²) in [6, 6.07) is 0. The smallest absolute Gasteiger partial charge is 0.462 e. The van der Waals surface area contributed by atoms with Gasteiger partial charge in [-0.1, -0.05) is 315 Å². The third-order valence-corrected chi connectivity index (χ3v) is 15.8. The van der Waals surface area contributed by atoms with Gasteiger partial charge in [-0.2, -0.15) is 0 Å². The Bertz CT molecular complexity index is 1810. The van der Waals surface area contributed by atoms with Crippen molar-refractivity contribution in [2.75, 3.05) is 26.4 Å². The highest BCUT2D eigenvalue weighted by molar-refractivity contribution is 7.47. The van der Waals surface area contributed by atoms with Gasteiger partial charge >= 0.3 is 19.8 Å². The number of hydrogen-bond donors (Lipinski definition) is 2. The topological polar surface area (TPSA) is 134 Å². The molecular formula is C75H130NO8P. The van der Waals surface area contributed by atoms with Crippen molar-refractivity contribution in [3.05, 3.63) is 122 Å². The van der Waals surface area contributed by atoms with Crippen LogP contribution in [0.15, 0.2) is 122 Å². The van der Waals surface area contributed by atoms with Gasteiger partial charge < -0.3 is 20.1 Å². The molecule has 0 aliphatic heterocycles. The Kier molecular flexibility index (Phi) is 66.6. The molecule has 0 aromatic heterocycles. The van der Waals surface area contributed by atoms with Crippen LogP contribution in [0.4, 0.5) is 0 Å². The van der Waals surface area contributed by atoms with Crippen molar-refractivity contribution in [3.63, 3.8) is 0 Å². The lowest BCUT2D eigenvalue weighted by Gasteiger charge is -2.19. The fourth-order valence-electron chi connectivity index (χ4n) is 9.75. The molecule has 0 rings (SSSR count). The minimum atomic E-state index is -4.40. The van der Waals surface area contributed by atoms with Crippen LogP contribution in [0.25, 0.3) is 0 Å². The van der Waals surface area contributed by atoms with E-state index in [1.165, 1.54) is 173 Å². The summed E-state index contributed by atoms with van der Waals surface area (Å²) in [4.78, 5) is 35.4. The number of phosphoric ester groups is 1. The molecule has 0 spiro atoms. The lowest BCUT2D eigenvalue weighted by molar-refractivity contribution is -0.161. The number of rotatable bonds is 65. The summed E-state index contributed by atoms with van der Waals surface area (Å²) in [5.74, 6) is -0.821. The molecule has 0 bridgehead atoms. The van der Waals surface area contributed by atoms with Crippen molar-refractivity contribution >= 4 is 19.8 Å². The Labute approximate surface area is 523 Å². The summed E-state index contributed by atoms with van der Waals surface area (Å²) in [7, 11) is -4.40. The molecule has 0 radical (unpaired) electrons. The fourth-order valence-corrected chi connectivity index (χ4v) is 10.5. The number of esters is 2. The van der Waals surface area contributed by atoms with Gasteiger partial charge in [0.15, 0.2) is 6.10 Å². The Hall–Kier alpha value is -3.59. The molecule has 488 valence electrons. The molecule has 10 heteroatoms. The Balaban J connectivity index is 3.88. The third kappa shape index (κ3) is 69.4. The zero-order valence-electron chi connectivity index (χ0n) is 54.8. The molecule has 0 saturated carbocycles. The Morgan fingerprint density at radius 2 is 0.612 bits per heavy atom. The molecule has 9 nitrogen and oxygen atoms in total. The number of phosphoric acid groups is 1. The van der Waals surface area contributed by atoms with Crippen LogP contribution in [0.3, 0.4) is 0 Å². The number of nitrogens with two attached hydrogens (primary N) is 1. The van der Waals surface area contributed by atoms with Gasteiger partial charge in [0.25, 0.3) is 0 Å². The maximum Gasteiger partial charge on any atom is 0.472 e. The van der Waals surface area contributed by atoms with Gasteiger partial charge in [-0.3, -0.25) is 18.6 Å². The van der Waals surface area contributed by atoms with E-state index < -0.39 is 26.5 Å². The molecular weight excluding hydrogens is 1070 g/mol. The third-order valence-electron chi connectivity index (χ3n) is 14.8. The standard InChI is InChI=1S/C75H130NO8P/c1-3-5-7-9-11-13-15-17-19-21-23-25-27-29-31-33-35-36-38-40-42-44-46-48-50-52-54-56-58-60-62-64-66-68-75(78)84-73(72-83-85(79,80)82-70-69-76)71-81-74(77)67-65-63-61-59-57-55-53-51-49-47-45-43-41-39-37-34-32-30-28-26-24-22-20-18-16-14-12-10-8-6-4-2/h5-8,11-14,17-20,23-26,29,31,35-36,73H,3-4,9-10,15-16,21-22,27-28,30,32-34,37-72,76H2,1-2H3,(H,79,80)/b7-5-,8-6-,13-11-,14-12-,19-17-,20-18-,25-23-,26-24-,31-29-,36-35-. The molecule has 0 aromatic carbocycles. The number of carbonyl (C=O) groups is 2. The number of unbranched alkanes of at least 4 members (excludes halogenated alkanes) is 32. The van der Waals surface area contributed by atoms with E-state index in [4.69, 9.17) is 24.3 Å². The molecule has 0 saturated heterocycles. The van der Waals surface area contributed by atoms with Crippen LogP contribution >= 0.6 is 7.82 Å². The highest BCUT2D eigenvalue weighted by Crippen LogP contribution is 2.43. The first-order chi connectivity index (χ1) is 41.8. The van der Waals surface area contributed by atoms with E-state index in [-0.39, 0.29) is 38.6 Å². The fraction of sp³-hybridized carbons (Fsp3) is 0.707. The minimum absolute atomic E-state index is 0.0502. The minimum Gasteiger partial charge on any atom is -0.462 e. The zero-order chi connectivity index (χ0) is 61.6. The lowest BCUT2D eigenvalue weighted by Crippen LogP contribution is -2.29. The molecule has 0 aliphatic rings. The van der Waals surface area contributed by atoms with E-state index in [2.05, 4.69) is 135 Å². The van der Waals surface area contributed by atoms with Crippen LogP contribution in [0.2, 0.25) is 0 Å². The average molecular weight is 1200 g/mol. The van der Waals surface area contributed by atoms with E-state index in [9.17, 15) is 19.0 Å². The summed E-state index contributed by atoms with van der Waals surface area (Å²) in [5, 5.41) is 0. The molecule has 0 aromatic rings. The van der Waals surface area contributed by atoms with Crippen LogP contribution in [0.5, 0.6) is 0 Å². The molecule has 85 heavy (non-hydrogen) atoms. The highest BCUT2D eigenvalue weighted by atomic mass is 31.2. The predicted molar refractivity (Wildman–Crippen MR) is 367 cm³/mol. The molecule has 0 aliphatic carbocycles. The summed E-state index contributed by atoms with van der Waals surface area (Å²) < 4.78 is 33.2. The number of allylic oxidation sites excluding steroid dienone is 20. The van der Waals surface area contributed by atoms with Crippen LogP contribution < -0.4 is 5.73 Å². The van der Waals surface area contributed by atoms with Crippen LogP contribution in [0.1, 0.15) is 309 Å². The molecule has 0 fully saturated rings. The van der Waals surface area contributed by atoms with Gasteiger partial charge in [0.1, 0.15) is 6.61 Å². The van der Waals surface area contributed by atoms with Crippen LogP contribution in [-0.2, 0) is 32.7 Å². The van der Waals surface area contributed by atoms with Gasteiger partial charge in [0, 0.05) is 19.4 Å². The Morgan fingerprint density at radius 3 is 0.906 bits per heavy atom. The quantitative estimate of drug-likeness (QED) is 0.0264. The van der Waals surface area contributed by atoms with E-state index in [1.54, 1.807) is 0 Å². The normalized spacial score (nSPS) is 13.7. The largest absolute Gasteiger partial charge is 0.472 e. The predicted octanol–water partition coefficient (Wildman–Crippen LogP) is 23.1. The number of ether oxygens (including phenoxy) is 2. The van der Waals surface area contributed by atoms with E-state index in [1.807, 2.05) is 0 Å². The van der Waals surface area contributed by atoms with Crippen molar-refractivity contribution in [3.8, 4) is 0 Å². The summed E-state index contributed by atoms with van der Waals surface area (Å²) >= 11 is 0. The molecule has 0 heterocycles. The molecule has 2 atom stereocenters. The van der Waals surface area contributed by atoms with Gasteiger partial charge in [0.05, 0.1) is 13.2 Å². The van der Waals surface area contributed by atoms with E-state index >= 15 is 0 Å². The van der Waals surface area contributed by atoms with Gasteiger partial charge in [-0.05, 0) is 103 Å². The summed E-state index contributed by atoms with van der Waals surface area (Å²) in [6.45, 7) is 3.55. The first-order valence-electron chi connectivity index (χ1n) is 35.0. The molecule has 2 unspecified atom stereocenters. The van der Waals surface area contributed by atoms with Crippen LogP contribution in [-0.4, -0.2) is 49.3 Å². The molecule has 0 amide bonds. The van der Waals surface area contributed by atoms with Gasteiger partial charge in [-0.15, -0.1) is 0 Å². The van der Waals surface area contributed by atoms with Gasteiger partial charge in [0.2, 0.25) is 0 Å². The zero-order valence-corrected chi connectivity index (χ0v) is 55.7. The average Bonchev–Trinajstić information content (AvgIpc) is 3.52. The van der Waals surface area contributed by atoms with E-state index in [0.717, 1.165) is 103 Å². The van der Waals surface area contributed by atoms with Crippen molar-refractivity contribution in [2.45, 2.75) is 315 Å². The van der Waals surface area contributed by atoms with Crippen molar-refractivity contribution < 1.29 is 37.6 Å². The second-order valence-corrected chi connectivity index (χ2v) is 24.4. The SMILES string of the molecule is CC/C=C\C/C=C\C/C=C\C/C=C\C/C=C\C/C=C\CCCCCCCCCCCCCCCCC(=O)OC(COC(=O)CCCCCCCCCCCCCCCCCCCC/C=C\C/C=C\C/C=C\C/C=C\CC)COP(=O)(O)OCCN. The summed E-state index contributed by atoms with van der Waals surface area (Å²) in [6.07, 6.45) is 97.2. The number of hydrogen-bond acceptors (Lipinski definition) is 8. The van der Waals surface area contributed by atoms with E-state index in [0.29, 0.717) is 6.42 Å². The van der Waals surface area contributed by atoms with Crippen molar-refractivity contribution in [1.29, 1.82) is 0 Å². The monoisotopic (exact) mass is 1200 g/mol. The van der Waals surface area contributed by atoms with Crippen molar-refractivity contribution in [1.82, 2.24) is 0 Å². The maximum atomic E-state index is 12.8. The second kappa shape index (κ2) is 69.5. The highest BCUT2D eigenvalue weighted by Gasteiger charge is 2.26. The maximum absolute atomic E-state index is 12.8. The molecule has 3 N–H and O–H groups in total. The van der Waals surface area contributed by atoms with Gasteiger partial charge in [-0.25, -0.2) is 4.57 Å². The summed E-state index contributed by atoms with van der Waals surface area (Å²) in [5.41, 5.74) is 5.40. The second-order valence-electron chi connectivity index (χ2n) is 23.0. The first-order valence-corrected chi connectivity index (χ1v) is 36.5. The Morgan fingerprint density at radius 1 is 0.353 bits per heavy atom. The van der Waals surface area contributed by atoms with Crippen LogP contribution in [0, 0.1) is 0 Å².